The standard InChI is InChI=1S/C15H18N2O3S/c1-10-9-21-15(17-10)12-5-3-4-11(6-12)14(19)16-7-13(18)8-20-2/h3-6,9,13,18H,7-8H2,1-2H3,(H,16,19). The molecule has 0 bridgehead atoms. The fourth-order valence-corrected chi connectivity index (χ4v) is 2.64. The van der Waals surface area contributed by atoms with Gasteiger partial charge in [-0.3, -0.25) is 4.79 Å². The number of nitrogens with one attached hydrogen (secondary N) is 1. The Morgan fingerprint density at radius 2 is 2.33 bits per heavy atom. The average molecular weight is 306 g/mol. The van der Waals surface area contributed by atoms with E-state index in [0.29, 0.717) is 5.56 Å². The van der Waals surface area contributed by atoms with Crippen molar-refractivity contribution >= 4 is 17.2 Å². The topological polar surface area (TPSA) is 71.5 Å². The van der Waals surface area contributed by atoms with Crippen LogP contribution in [0.2, 0.25) is 0 Å². The van der Waals surface area contributed by atoms with E-state index in [1.165, 1.54) is 7.11 Å². The van der Waals surface area contributed by atoms with Crippen LogP contribution in [-0.4, -0.2) is 42.4 Å². The average Bonchev–Trinajstić information content (AvgIpc) is 2.92. The minimum absolute atomic E-state index is 0.160. The Labute approximate surface area is 127 Å². The van der Waals surface area contributed by atoms with Crippen LogP contribution >= 0.6 is 11.3 Å². The number of aromatic nitrogens is 1. The second-order valence-electron chi connectivity index (χ2n) is 4.69. The third kappa shape index (κ3) is 4.35. The molecule has 5 nitrogen and oxygen atoms in total. The summed E-state index contributed by atoms with van der Waals surface area (Å²) in [4.78, 5) is 16.5. The van der Waals surface area contributed by atoms with Crippen LogP contribution in [0.3, 0.4) is 0 Å². The lowest BCUT2D eigenvalue weighted by molar-refractivity contribution is 0.0610. The van der Waals surface area contributed by atoms with Crippen molar-refractivity contribution in [1.29, 1.82) is 0 Å². The third-order valence-electron chi connectivity index (χ3n) is 2.85. The highest BCUT2D eigenvalue weighted by Crippen LogP contribution is 2.24. The molecule has 1 amide bonds. The Bertz CT molecular complexity index is 612. The molecule has 0 saturated heterocycles. The maximum absolute atomic E-state index is 12.1. The highest BCUT2D eigenvalue weighted by molar-refractivity contribution is 7.13. The number of carbonyl (C=O) groups excluding carboxylic acids is 1. The van der Waals surface area contributed by atoms with Crippen molar-refractivity contribution in [2.75, 3.05) is 20.3 Å². The molecule has 1 unspecified atom stereocenters. The third-order valence-corrected chi connectivity index (χ3v) is 3.86. The van der Waals surface area contributed by atoms with E-state index >= 15 is 0 Å². The molecule has 2 N–H and O–H groups in total. The molecule has 0 aliphatic heterocycles. The first-order chi connectivity index (χ1) is 10.1. The van der Waals surface area contributed by atoms with Crippen molar-refractivity contribution < 1.29 is 14.6 Å². The number of aliphatic hydroxyl groups is 1. The number of thiazole rings is 1. The van der Waals surface area contributed by atoms with E-state index in [1.54, 1.807) is 23.5 Å². The fourth-order valence-electron chi connectivity index (χ4n) is 1.84. The quantitative estimate of drug-likeness (QED) is 0.854. The van der Waals surface area contributed by atoms with E-state index < -0.39 is 6.10 Å². The molecule has 112 valence electrons. The SMILES string of the molecule is COCC(O)CNC(=O)c1cccc(-c2nc(C)cs2)c1. The lowest BCUT2D eigenvalue weighted by Gasteiger charge is -2.11. The van der Waals surface area contributed by atoms with Gasteiger partial charge in [-0.05, 0) is 19.1 Å². The zero-order valence-electron chi connectivity index (χ0n) is 12.0. The number of ether oxygens (including phenoxy) is 1. The van der Waals surface area contributed by atoms with Crippen LogP contribution in [0.15, 0.2) is 29.6 Å². The molecular weight excluding hydrogens is 288 g/mol. The fraction of sp³-hybridized carbons (Fsp3) is 0.333. The number of hydrogen-bond acceptors (Lipinski definition) is 5. The maximum Gasteiger partial charge on any atom is 0.251 e. The number of nitrogens with zero attached hydrogens (tertiary/aromatic N) is 1. The molecule has 0 spiro atoms. The number of aliphatic hydroxyl groups excluding tert-OH is 1. The van der Waals surface area contributed by atoms with E-state index in [1.807, 2.05) is 24.4 Å². The lowest BCUT2D eigenvalue weighted by Crippen LogP contribution is -2.34. The van der Waals surface area contributed by atoms with Crippen LogP contribution in [0.4, 0.5) is 0 Å². The Balaban J connectivity index is 2.05. The summed E-state index contributed by atoms with van der Waals surface area (Å²) in [5.41, 5.74) is 2.43. The number of hydrogen-bond donors (Lipinski definition) is 2. The summed E-state index contributed by atoms with van der Waals surface area (Å²) < 4.78 is 4.81. The summed E-state index contributed by atoms with van der Waals surface area (Å²) in [5, 5.41) is 15.1. The summed E-state index contributed by atoms with van der Waals surface area (Å²) >= 11 is 1.55. The van der Waals surface area contributed by atoms with Crippen molar-refractivity contribution in [1.82, 2.24) is 10.3 Å². The second kappa shape index (κ2) is 7.31. The predicted molar refractivity (Wildman–Crippen MR) is 82.5 cm³/mol. The highest BCUT2D eigenvalue weighted by atomic mass is 32.1. The van der Waals surface area contributed by atoms with Crippen molar-refractivity contribution in [3.63, 3.8) is 0 Å². The van der Waals surface area contributed by atoms with Crippen LogP contribution in [0, 0.1) is 6.92 Å². The zero-order valence-corrected chi connectivity index (χ0v) is 12.8. The van der Waals surface area contributed by atoms with Gasteiger partial charge in [-0.15, -0.1) is 11.3 Å². The second-order valence-corrected chi connectivity index (χ2v) is 5.55. The van der Waals surface area contributed by atoms with E-state index in [0.717, 1.165) is 16.3 Å². The van der Waals surface area contributed by atoms with Crippen LogP contribution in [0.25, 0.3) is 10.6 Å². The normalized spacial score (nSPS) is 12.1. The molecule has 1 heterocycles. The van der Waals surface area contributed by atoms with Gasteiger partial charge in [-0.1, -0.05) is 12.1 Å². The summed E-state index contributed by atoms with van der Waals surface area (Å²) in [7, 11) is 1.50. The van der Waals surface area contributed by atoms with Crippen LogP contribution < -0.4 is 5.32 Å². The Morgan fingerprint density at radius 3 is 3.00 bits per heavy atom. The molecule has 2 aromatic rings. The number of rotatable bonds is 6. The van der Waals surface area contributed by atoms with E-state index in [-0.39, 0.29) is 19.1 Å². The van der Waals surface area contributed by atoms with Gasteiger partial charge in [0.1, 0.15) is 5.01 Å². The first-order valence-corrected chi connectivity index (χ1v) is 7.46. The molecule has 0 saturated carbocycles. The van der Waals surface area contributed by atoms with Gasteiger partial charge >= 0.3 is 0 Å². The van der Waals surface area contributed by atoms with E-state index in [9.17, 15) is 9.90 Å². The van der Waals surface area contributed by atoms with Crippen molar-refractivity contribution in [3.8, 4) is 10.6 Å². The Kier molecular flexibility index (Phi) is 5.44. The van der Waals surface area contributed by atoms with Crippen molar-refractivity contribution in [2.45, 2.75) is 13.0 Å². The highest BCUT2D eigenvalue weighted by Gasteiger charge is 2.10. The lowest BCUT2D eigenvalue weighted by atomic mass is 10.1. The predicted octanol–water partition coefficient (Wildman–Crippen LogP) is 1.86. The van der Waals surface area contributed by atoms with E-state index in [2.05, 4.69) is 10.3 Å². The molecule has 6 heteroatoms. The van der Waals surface area contributed by atoms with Gasteiger partial charge in [0.25, 0.3) is 5.91 Å². The molecule has 21 heavy (non-hydrogen) atoms. The minimum Gasteiger partial charge on any atom is -0.389 e. The molecule has 0 aliphatic carbocycles. The number of benzene rings is 1. The first kappa shape index (κ1) is 15.6. The molecule has 0 fully saturated rings. The molecule has 2 rings (SSSR count). The van der Waals surface area contributed by atoms with Crippen molar-refractivity contribution in [2.24, 2.45) is 0 Å². The number of methoxy groups -OCH3 is 1. The zero-order chi connectivity index (χ0) is 15.2. The van der Waals surface area contributed by atoms with Gasteiger partial charge < -0.3 is 15.2 Å². The maximum atomic E-state index is 12.1. The number of aryl methyl sites for hydroxylation is 1. The number of carbonyl (C=O) groups is 1. The molecule has 1 aromatic carbocycles. The monoisotopic (exact) mass is 306 g/mol. The van der Waals surface area contributed by atoms with Gasteiger partial charge in [0.05, 0.1) is 12.7 Å². The van der Waals surface area contributed by atoms with Crippen molar-refractivity contribution in [3.05, 3.63) is 40.9 Å². The first-order valence-electron chi connectivity index (χ1n) is 6.58. The van der Waals surface area contributed by atoms with Gasteiger partial charge in [0.2, 0.25) is 0 Å². The summed E-state index contributed by atoms with van der Waals surface area (Å²) in [6.45, 7) is 2.29. The summed E-state index contributed by atoms with van der Waals surface area (Å²) in [5.74, 6) is -0.222. The van der Waals surface area contributed by atoms with Gasteiger partial charge in [-0.25, -0.2) is 4.98 Å². The van der Waals surface area contributed by atoms with E-state index in [4.69, 9.17) is 4.74 Å². The minimum atomic E-state index is -0.705. The number of amides is 1. The molecule has 1 aromatic heterocycles. The van der Waals surface area contributed by atoms with Crippen LogP contribution in [0.5, 0.6) is 0 Å². The van der Waals surface area contributed by atoms with Gasteiger partial charge in [0.15, 0.2) is 0 Å². The summed E-state index contributed by atoms with van der Waals surface area (Å²) in [6.07, 6.45) is -0.705. The molecular formula is C15H18N2O3S. The Hall–Kier alpha value is -1.76. The smallest absolute Gasteiger partial charge is 0.251 e. The Morgan fingerprint density at radius 1 is 1.52 bits per heavy atom. The molecule has 1 atom stereocenters. The largest absolute Gasteiger partial charge is 0.389 e. The van der Waals surface area contributed by atoms with Crippen LogP contribution in [-0.2, 0) is 4.74 Å². The summed E-state index contributed by atoms with van der Waals surface area (Å²) in [6, 6.07) is 7.29. The van der Waals surface area contributed by atoms with Gasteiger partial charge in [0, 0.05) is 35.9 Å². The molecule has 0 aliphatic rings. The molecule has 0 radical (unpaired) electrons. The van der Waals surface area contributed by atoms with Gasteiger partial charge in [-0.2, -0.15) is 0 Å². The van der Waals surface area contributed by atoms with Crippen LogP contribution in [0.1, 0.15) is 16.1 Å².